The third-order valence-electron chi connectivity index (χ3n) is 3.49. The lowest BCUT2D eigenvalue weighted by molar-refractivity contribution is -0.121. The van der Waals surface area contributed by atoms with Crippen LogP contribution in [0.15, 0.2) is 24.3 Å². The first-order valence-electron chi connectivity index (χ1n) is 7.69. The Kier molecular flexibility index (Phi) is 5.06. The second-order valence-electron chi connectivity index (χ2n) is 6.54. The molecule has 0 aromatic heterocycles. The molecule has 1 aromatic carbocycles. The number of aryl methyl sites for hydroxylation is 1. The van der Waals surface area contributed by atoms with Crippen molar-refractivity contribution in [1.82, 2.24) is 10.6 Å². The molecule has 0 unspecified atom stereocenters. The van der Waals surface area contributed by atoms with Crippen molar-refractivity contribution in [3.63, 3.8) is 0 Å². The van der Waals surface area contributed by atoms with Crippen molar-refractivity contribution in [2.75, 3.05) is 6.54 Å². The van der Waals surface area contributed by atoms with Crippen LogP contribution in [0.4, 0.5) is 4.79 Å². The predicted octanol–water partition coefficient (Wildman–Crippen LogP) is 2.70. The van der Waals surface area contributed by atoms with Gasteiger partial charge in [0.25, 0.3) is 0 Å². The highest BCUT2D eigenvalue weighted by molar-refractivity contribution is 5.77. The van der Waals surface area contributed by atoms with Crippen LogP contribution < -0.4 is 10.6 Å². The summed E-state index contributed by atoms with van der Waals surface area (Å²) in [5, 5.41) is 5.62. The van der Waals surface area contributed by atoms with Crippen LogP contribution in [0.25, 0.3) is 0 Å². The largest absolute Gasteiger partial charge is 0.444 e. The molecule has 2 N–H and O–H groups in total. The number of benzene rings is 1. The lowest BCUT2D eigenvalue weighted by Crippen LogP contribution is -2.35. The van der Waals surface area contributed by atoms with E-state index in [-0.39, 0.29) is 24.9 Å². The highest BCUT2D eigenvalue weighted by Gasteiger charge is 2.23. The van der Waals surface area contributed by atoms with Crippen molar-refractivity contribution < 1.29 is 14.3 Å². The van der Waals surface area contributed by atoms with E-state index in [0.29, 0.717) is 0 Å². The summed E-state index contributed by atoms with van der Waals surface area (Å²) in [6.45, 7) is 5.68. The fraction of sp³-hybridized carbons (Fsp3) is 0.529. The van der Waals surface area contributed by atoms with Crippen LogP contribution in [-0.2, 0) is 16.0 Å². The number of rotatable bonds is 4. The molecule has 0 spiro atoms. The van der Waals surface area contributed by atoms with Gasteiger partial charge in [0, 0.05) is 13.0 Å². The molecule has 0 aliphatic heterocycles. The molecule has 1 aliphatic carbocycles. The molecule has 0 saturated carbocycles. The monoisotopic (exact) mass is 304 g/mol. The standard InChI is InChI=1S/C17H24N2O3/c1-17(2,3)22-16(21)18-11-10-15(20)19-14-9-8-12-6-4-5-7-13(12)14/h4-7,14H,8-11H2,1-3H3,(H,18,21)(H,19,20)/t14-/m1/s1. The van der Waals surface area contributed by atoms with E-state index in [0.717, 1.165) is 12.8 Å². The molecule has 0 heterocycles. The summed E-state index contributed by atoms with van der Waals surface area (Å²) in [6.07, 6.45) is 1.69. The van der Waals surface area contributed by atoms with Crippen molar-refractivity contribution >= 4 is 12.0 Å². The third-order valence-corrected chi connectivity index (χ3v) is 3.49. The minimum atomic E-state index is -0.528. The van der Waals surface area contributed by atoms with Gasteiger partial charge in [0.05, 0.1) is 6.04 Å². The van der Waals surface area contributed by atoms with E-state index < -0.39 is 11.7 Å². The minimum Gasteiger partial charge on any atom is -0.444 e. The van der Waals surface area contributed by atoms with Crippen LogP contribution in [-0.4, -0.2) is 24.1 Å². The molecule has 22 heavy (non-hydrogen) atoms. The van der Waals surface area contributed by atoms with Crippen LogP contribution >= 0.6 is 0 Å². The van der Waals surface area contributed by atoms with Crippen molar-refractivity contribution in [3.8, 4) is 0 Å². The molecule has 0 saturated heterocycles. The summed E-state index contributed by atoms with van der Waals surface area (Å²) >= 11 is 0. The topological polar surface area (TPSA) is 67.4 Å². The lowest BCUT2D eigenvalue weighted by Gasteiger charge is -2.19. The van der Waals surface area contributed by atoms with Crippen molar-refractivity contribution in [1.29, 1.82) is 0 Å². The Balaban J connectivity index is 1.72. The Hall–Kier alpha value is -2.04. The van der Waals surface area contributed by atoms with Crippen LogP contribution in [0.2, 0.25) is 0 Å². The maximum absolute atomic E-state index is 12.0. The molecule has 5 heteroatoms. The average molecular weight is 304 g/mol. The van der Waals surface area contributed by atoms with Gasteiger partial charge in [-0.3, -0.25) is 4.79 Å². The van der Waals surface area contributed by atoms with Gasteiger partial charge in [0.15, 0.2) is 0 Å². The number of carbonyl (C=O) groups is 2. The zero-order valence-corrected chi connectivity index (χ0v) is 13.4. The fourth-order valence-corrected chi connectivity index (χ4v) is 2.57. The first-order chi connectivity index (χ1) is 10.3. The molecule has 1 aliphatic rings. The number of carbonyl (C=O) groups excluding carboxylic acids is 2. The Labute approximate surface area is 131 Å². The van der Waals surface area contributed by atoms with E-state index in [1.165, 1.54) is 11.1 Å². The number of hydrogen-bond donors (Lipinski definition) is 2. The van der Waals surface area contributed by atoms with Crippen LogP contribution in [0, 0.1) is 0 Å². The van der Waals surface area contributed by atoms with E-state index >= 15 is 0 Å². The van der Waals surface area contributed by atoms with Crippen molar-refractivity contribution in [2.24, 2.45) is 0 Å². The summed E-state index contributed by atoms with van der Waals surface area (Å²) in [6, 6.07) is 8.27. The minimum absolute atomic E-state index is 0.0576. The van der Waals surface area contributed by atoms with Gasteiger partial charge in [0.2, 0.25) is 5.91 Å². The number of amides is 2. The van der Waals surface area contributed by atoms with Crippen molar-refractivity contribution in [2.45, 2.75) is 51.7 Å². The molecule has 0 radical (unpaired) electrons. The number of ether oxygens (including phenoxy) is 1. The smallest absolute Gasteiger partial charge is 0.407 e. The lowest BCUT2D eigenvalue weighted by atomic mass is 10.1. The summed E-state index contributed by atoms with van der Waals surface area (Å²) in [4.78, 5) is 23.5. The van der Waals surface area contributed by atoms with Gasteiger partial charge in [-0.25, -0.2) is 4.79 Å². The number of alkyl carbamates (subject to hydrolysis) is 1. The van der Waals surface area contributed by atoms with E-state index in [1.54, 1.807) is 20.8 Å². The summed E-state index contributed by atoms with van der Waals surface area (Å²) < 4.78 is 5.12. The van der Waals surface area contributed by atoms with E-state index in [9.17, 15) is 9.59 Å². The molecule has 1 aromatic rings. The molecule has 0 bridgehead atoms. The zero-order chi connectivity index (χ0) is 16.2. The Morgan fingerprint density at radius 3 is 2.73 bits per heavy atom. The first-order valence-corrected chi connectivity index (χ1v) is 7.69. The predicted molar refractivity (Wildman–Crippen MR) is 84.5 cm³/mol. The average Bonchev–Trinajstić information content (AvgIpc) is 2.80. The van der Waals surface area contributed by atoms with Gasteiger partial charge in [0.1, 0.15) is 5.60 Å². The van der Waals surface area contributed by atoms with E-state index in [2.05, 4.69) is 22.8 Å². The van der Waals surface area contributed by atoms with E-state index in [4.69, 9.17) is 4.74 Å². The normalized spacial score (nSPS) is 16.8. The molecule has 120 valence electrons. The molecular weight excluding hydrogens is 280 g/mol. The first kappa shape index (κ1) is 16.3. The van der Waals surface area contributed by atoms with Gasteiger partial charge in [-0.1, -0.05) is 24.3 Å². The quantitative estimate of drug-likeness (QED) is 0.898. The van der Waals surface area contributed by atoms with Gasteiger partial charge >= 0.3 is 6.09 Å². The summed E-state index contributed by atoms with van der Waals surface area (Å²) in [7, 11) is 0. The SMILES string of the molecule is CC(C)(C)OC(=O)NCCC(=O)N[C@@H]1CCc2ccccc21. The van der Waals surface area contributed by atoms with Crippen LogP contribution in [0.5, 0.6) is 0 Å². The Morgan fingerprint density at radius 2 is 2.00 bits per heavy atom. The Bertz CT molecular complexity index is 549. The third kappa shape index (κ3) is 4.76. The van der Waals surface area contributed by atoms with Gasteiger partial charge in [-0.15, -0.1) is 0 Å². The molecule has 5 nitrogen and oxygen atoms in total. The van der Waals surface area contributed by atoms with Crippen LogP contribution in [0.3, 0.4) is 0 Å². The summed E-state index contributed by atoms with van der Waals surface area (Å²) in [5.41, 5.74) is 1.98. The molecule has 2 rings (SSSR count). The molecular formula is C17H24N2O3. The van der Waals surface area contributed by atoms with Gasteiger partial charge < -0.3 is 15.4 Å². The number of hydrogen-bond acceptors (Lipinski definition) is 3. The zero-order valence-electron chi connectivity index (χ0n) is 13.4. The fourth-order valence-electron chi connectivity index (χ4n) is 2.57. The summed E-state index contributed by atoms with van der Waals surface area (Å²) in [5.74, 6) is -0.0576. The molecule has 0 fully saturated rings. The highest BCUT2D eigenvalue weighted by atomic mass is 16.6. The van der Waals surface area contributed by atoms with Crippen molar-refractivity contribution in [3.05, 3.63) is 35.4 Å². The molecule has 1 atom stereocenters. The second kappa shape index (κ2) is 6.81. The van der Waals surface area contributed by atoms with Gasteiger partial charge in [-0.05, 0) is 44.7 Å². The van der Waals surface area contributed by atoms with E-state index in [1.807, 2.05) is 12.1 Å². The van der Waals surface area contributed by atoms with Gasteiger partial charge in [-0.2, -0.15) is 0 Å². The molecule has 2 amide bonds. The number of nitrogens with one attached hydrogen (secondary N) is 2. The Morgan fingerprint density at radius 1 is 1.27 bits per heavy atom. The maximum atomic E-state index is 12.0. The van der Waals surface area contributed by atoms with Crippen LogP contribution in [0.1, 0.15) is 50.8 Å². The second-order valence-corrected chi connectivity index (χ2v) is 6.54. The highest BCUT2D eigenvalue weighted by Crippen LogP contribution is 2.30. The maximum Gasteiger partial charge on any atom is 0.407 e. The number of fused-ring (bicyclic) bond motifs is 1.